The first-order chi connectivity index (χ1) is 14.5. The van der Waals surface area contributed by atoms with Crippen molar-refractivity contribution in [3.8, 4) is 5.75 Å². The molecule has 3 amide bonds. The summed E-state index contributed by atoms with van der Waals surface area (Å²) in [6, 6.07) is 13.7. The van der Waals surface area contributed by atoms with Crippen LogP contribution < -0.4 is 20.7 Å². The zero-order valence-corrected chi connectivity index (χ0v) is 17.8. The lowest BCUT2D eigenvalue weighted by molar-refractivity contribution is -0.116. The van der Waals surface area contributed by atoms with Crippen molar-refractivity contribution in [1.82, 2.24) is 4.98 Å². The van der Waals surface area contributed by atoms with Crippen LogP contribution in [0, 0.1) is 0 Å². The van der Waals surface area contributed by atoms with Gasteiger partial charge >= 0.3 is 6.03 Å². The number of ether oxygens (including phenoxy) is 1. The molecule has 0 saturated carbocycles. The zero-order chi connectivity index (χ0) is 21.3. The summed E-state index contributed by atoms with van der Waals surface area (Å²) in [7, 11) is 0. The minimum atomic E-state index is -0.411. The van der Waals surface area contributed by atoms with Crippen LogP contribution in [0.2, 0.25) is 5.02 Å². The second-order valence-electron chi connectivity index (χ2n) is 6.24. The topological polar surface area (TPSA) is 92.4 Å². The minimum Gasteiger partial charge on any atom is -0.494 e. The third-order valence-electron chi connectivity index (χ3n) is 3.91. The van der Waals surface area contributed by atoms with Gasteiger partial charge in [0.2, 0.25) is 5.91 Å². The molecule has 2 aromatic carbocycles. The van der Waals surface area contributed by atoms with Crippen LogP contribution in [0.1, 0.15) is 19.0 Å². The van der Waals surface area contributed by atoms with Gasteiger partial charge in [0.05, 0.1) is 12.3 Å². The number of rotatable bonds is 8. The molecule has 3 rings (SSSR count). The summed E-state index contributed by atoms with van der Waals surface area (Å²) >= 11 is 7.20. The van der Waals surface area contributed by atoms with Gasteiger partial charge in [-0.15, -0.1) is 11.3 Å². The predicted molar refractivity (Wildman–Crippen MR) is 121 cm³/mol. The van der Waals surface area contributed by atoms with Crippen molar-refractivity contribution in [3.63, 3.8) is 0 Å². The van der Waals surface area contributed by atoms with Crippen LogP contribution in [0.25, 0.3) is 0 Å². The van der Waals surface area contributed by atoms with E-state index in [0.717, 1.165) is 11.4 Å². The summed E-state index contributed by atoms with van der Waals surface area (Å²) in [6.45, 7) is 2.51. The van der Waals surface area contributed by atoms with E-state index < -0.39 is 6.03 Å². The first-order valence-electron chi connectivity index (χ1n) is 9.32. The second kappa shape index (κ2) is 10.6. The van der Waals surface area contributed by atoms with Crippen LogP contribution >= 0.6 is 22.9 Å². The summed E-state index contributed by atoms with van der Waals surface area (Å²) in [4.78, 5) is 28.6. The van der Waals surface area contributed by atoms with Crippen molar-refractivity contribution >= 4 is 51.4 Å². The fraction of sp³-hybridized carbons (Fsp3) is 0.190. The van der Waals surface area contributed by atoms with Gasteiger partial charge in [0.15, 0.2) is 5.13 Å². The lowest BCUT2D eigenvalue weighted by Gasteiger charge is -2.07. The van der Waals surface area contributed by atoms with Gasteiger partial charge in [-0.1, -0.05) is 17.7 Å². The van der Waals surface area contributed by atoms with Crippen LogP contribution in [0.3, 0.4) is 0 Å². The number of urea groups is 1. The molecule has 0 radical (unpaired) electrons. The number of aromatic nitrogens is 1. The molecule has 0 aliphatic heterocycles. The summed E-state index contributed by atoms with van der Waals surface area (Å²) in [5.74, 6) is 0.651. The molecular formula is C21H21ClN4O3S. The molecule has 0 aliphatic carbocycles. The highest BCUT2D eigenvalue weighted by molar-refractivity contribution is 7.13. The Balaban J connectivity index is 1.44. The predicted octanol–water partition coefficient (Wildman–Crippen LogP) is 5.41. The number of hydrogen-bond donors (Lipinski definition) is 3. The Hall–Kier alpha value is -3.10. The largest absolute Gasteiger partial charge is 0.494 e. The van der Waals surface area contributed by atoms with Gasteiger partial charge in [0.25, 0.3) is 0 Å². The molecule has 0 atom stereocenters. The van der Waals surface area contributed by atoms with Gasteiger partial charge in [0.1, 0.15) is 5.75 Å². The van der Waals surface area contributed by atoms with Crippen molar-refractivity contribution in [2.45, 2.75) is 19.8 Å². The Morgan fingerprint density at radius 2 is 1.87 bits per heavy atom. The molecule has 9 heteroatoms. The van der Waals surface area contributed by atoms with Crippen molar-refractivity contribution in [3.05, 3.63) is 64.6 Å². The van der Waals surface area contributed by atoms with E-state index >= 15 is 0 Å². The van der Waals surface area contributed by atoms with Crippen LogP contribution in [0.5, 0.6) is 5.75 Å². The normalized spacial score (nSPS) is 10.3. The lowest BCUT2D eigenvalue weighted by atomic mass is 10.2. The van der Waals surface area contributed by atoms with E-state index in [2.05, 4.69) is 20.9 Å². The summed E-state index contributed by atoms with van der Waals surface area (Å²) in [5.41, 5.74) is 2.03. The van der Waals surface area contributed by atoms with Gasteiger partial charge in [-0.05, 0) is 55.8 Å². The van der Waals surface area contributed by atoms with Crippen molar-refractivity contribution in [1.29, 1.82) is 0 Å². The molecule has 1 heterocycles. The van der Waals surface area contributed by atoms with E-state index in [9.17, 15) is 9.59 Å². The van der Waals surface area contributed by atoms with E-state index in [1.54, 1.807) is 36.4 Å². The molecule has 1 aromatic heterocycles. The molecule has 0 aliphatic rings. The molecule has 7 nitrogen and oxygen atoms in total. The average Bonchev–Trinajstić information content (AvgIpc) is 3.15. The van der Waals surface area contributed by atoms with Crippen molar-refractivity contribution in [2.75, 3.05) is 22.6 Å². The highest BCUT2D eigenvalue weighted by Crippen LogP contribution is 2.19. The number of aryl methyl sites for hydroxylation is 1. The monoisotopic (exact) mass is 444 g/mol. The SMILES string of the molecule is CCOc1ccc(NC(=O)CCc2csc(NC(=O)Nc3cccc(Cl)c3)n2)cc1. The Bertz CT molecular complexity index is 1010. The maximum Gasteiger partial charge on any atom is 0.325 e. The minimum absolute atomic E-state index is 0.111. The maximum atomic E-state index is 12.2. The zero-order valence-electron chi connectivity index (χ0n) is 16.3. The van der Waals surface area contributed by atoms with E-state index in [1.165, 1.54) is 11.3 Å². The van der Waals surface area contributed by atoms with E-state index in [4.69, 9.17) is 16.3 Å². The van der Waals surface area contributed by atoms with Crippen LogP contribution in [0.4, 0.5) is 21.3 Å². The second-order valence-corrected chi connectivity index (χ2v) is 7.53. The van der Waals surface area contributed by atoms with Crippen LogP contribution in [0.15, 0.2) is 53.9 Å². The Kier molecular flexibility index (Phi) is 7.64. The smallest absolute Gasteiger partial charge is 0.325 e. The molecule has 0 fully saturated rings. The quantitative estimate of drug-likeness (QED) is 0.433. The summed E-state index contributed by atoms with van der Waals surface area (Å²) < 4.78 is 5.38. The Morgan fingerprint density at radius 1 is 1.07 bits per heavy atom. The van der Waals surface area contributed by atoms with E-state index in [0.29, 0.717) is 34.6 Å². The van der Waals surface area contributed by atoms with Gasteiger partial charge in [-0.3, -0.25) is 10.1 Å². The fourth-order valence-electron chi connectivity index (χ4n) is 2.57. The lowest BCUT2D eigenvalue weighted by Crippen LogP contribution is -2.19. The molecule has 3 aromatic rings. The Labute approximate surface area is 183 Å². The molecule has 156 valence electrons. The first kappa shape index (κ1) is 21.6. The average molecular weight is 445 g/mol. The van der Waals surface area contributed by atoms with Crippen LogP contribution in [-0.4, -0.2) is 23.5 Å². The number of carbonyl (C=O) groups is 2. The number of nitrogens with zero attached hydrogens (tertiary/aromatic N) is 1. The third-order valence-corrected chi connectivity index (χ3v) is 4.95. The highest BCUT2D eigenvalue weighted by Gasteiger charge is 2.09. The fourth-order valence-corrected chi connectivity index (χ4v) is 3.50. The number of carbonyl (C=O) groups excluding carboxylic acids is 2. The van der Waals surface area contributed by atoms with E-state index in [1.807, 2.05) is 24.4 Å². The van der Waals surface area contributed by atoms with Gasteiger partial charge < -0.3 is 15.4 Å². The number of nitrogens with one attached hydrogen (secondary N) is 3. The number of thiazole rings is 1. The third kappa shape index (κ3) is 6.75. The number of halogens is 1. The molecule has 0 bridgehead atoms. The molecule has 0 saturated heterocycles. The number of benzene rings is 2. The molecule has 0 spiro atoms. The van der Waals surface area contributed by atoms with E-state index in [-0.39, 0.29) is 12.3 Å². The van der Waals surface area contributed by atoms with Crippen molar-refractivity contribution < 1.29 is 14.3 Å². The van der Waals surface area contributed by atoms with Crippen LogP contribution in [-0.2, 0) is 11.2 Å². The standard InChI is InChI=1S/C21H21ClN4O3S/c1-2-29-18-9-6-15(7-10-18)23-19(27)11-8-17-13-30-21(25-17)26-20(28)24-16-5-3-4-14(22)12-16/h3-7,9-10,12-13H,2,8,11H2,1H3,(H,23,27)(H2,24,25,26,28). The van der Waals surface area contributed by atoms with Gasteiger partial charge in [-0.2, -0.15) is 0 Å². The molecule has 30 heavy (non-hydrogen) atoms. The summed E-state index contributed by atoms with van der Waals surface area (Å²) in [5, 5.41) is 11.0. The Morgan fingerprint density at radius 3 is 2.60 bits per heavy atom. The number of amides is 3. The molecule has 3 N–H and O–H groups in total. The molecule has 0 unspecified atom stereocenters. The molecular weight excluding hydrogens is 424 g/mol. The van der Waals surface area contributed by atoms with Crippen molar-refractivity contribution in [2.24, 2.45) is 0 Å². The summed E-state index contributed by atoms with van der Waals surface area (Å²) in [6.07, 6.45) is 0.752. The maximum absolute atomic E-state index is 12.2. The number of hydrogen-bond acceptors (Lipinski definition) is 5. The van der Waals surface area contributed by atoms with Gasteiger partial charge in [-0.25, -0.2) is 9.78 Å². The number of anilines is 3. The first-order valence-corrected chi connectivity index (χ1v) is 10.6. The highest BCUT2D eigenvalue weighted by atomic mass is 35.5. The van der Waals surface area contributed by atoms with Gasteiger partial charge in [0, 0.05) is 28.2 Å².